The van der Waals surface area contributed by atoms with Crippen LogP contribution < -0.4 is 12.4 Å². The summed E-state index contributed by atoms with van der Waals surface area (Å²) >= 11 is 0. The molecule has 0 saturated carbocycles. The van der Waals surface area contributed by atoms with Gasteiger partial charge in [-0.05, 0) is 32.3 Å². The quantitative estimate of drug-likeness (QED) is 0.371. The largest absolute Gasteiger partial charge is 1.00 e. The second-order valence-corrected chi connectivity index (χ2v) is 4.64. The fraction of sp³-hybridized carbons (Fsp3) is 0.571. The predicted octanol–water partition coefficient (Wildman–Crippen LogP) is -0.683. The predicted molar refractivity (Wildman–Crippen MR) is 73.5 cm³/mol. The topological polar surface area (TPSA) is 3.24 Å². The SMILES string of the molecule is C=CC[N+](CC=C)(CC=C)CCCN(C)C.[Cl-]. The maximum atomic E-state index is 3.86. The number of nitrogens with zero attached hydrogens (tertiary/aromatic N) is 2. The van der Waals surface area contributed by atoms with Crippen molar-refractivity contribution in [2.24, 2.45) is 0 Å². The van der Waals surface area contributed by atoms with Gasteiger partial charge in [0.1, 0.15) is 0 Å². The van der Waals surface area contributed by atoms with E-state index in [1.165, 1.54) is 6.42 Å². The number of hydrogen-bond acceptors (Lipinski definition) is 1. The summed E-state index contributed by atoms with van der Waals surface area (Å²) in [5.74, 6) is 0. The fourth-order valence-corrected chi connectivity index (χ4v) is 2.04. The molecule has 0 atom stereocenters. The lowest BCUT2D eigenvalue weighted by Crippen LogP contribution is -3.00. The molecule has 0 aromatic rings. The van der Waals surface area contributed by atoms with Crippen molar-refractivity contribution in [1.82, 2.24) is 4.90 Å². The average Bonchev–Trinajstić information content (AvgIpc) is 2.18. The number of hydrogen-bond donors (Lipinski definition) is 0. The Morgan fingerprint density at radius 2 is 1.35 bits per heavy atom. The number of quaternary nitrogens is 1. The van der Waals surface area contributed by atoms with E-state index in [2.05, 4.69) is 38.7 Å². The third kappa shape index (κ3) is 8.19. The van der Waals surface area contributed by atoms with Gasteiger partial charge in [0, 0.05) is 13.0 Å². The smallest absolute Gasteiger partial charge is 0.0975 e. The normalized spacial score (nSPS) is 10.8. The van der Waals surface area contributed by atoms with E-state index in [1.807, 2.05) is 18.2 Å². The zero-order valence-corrected chi connectivity index (χ0v) is 12.1. The molecule has 0 fully saturated rings. The van der Waals surface area contributed by atoms with E-state index in [-0.39, 0.29) is 12.4 Å². The summed E-state index contributed by atoms with van der Waals surface area (Å²) in [5, 5.41) is 0. The van der Waals surface area contributed by atoms with Gasteiger partial charge < -0.3 is 21.8 Å². The zero-order valence-electron chi connectivity index (χ0n) is 11.4. The Kier molecular flexibility index (Phi) is 11.7. The van der Waals surface area contributed by atoms with Gasteiger partial charge in [-0.1, -0.05) is 19.7 Å². The van der Waals surface area contributed by atoms with Gasteiger partial charge in [-0.25, -0.2) is 0 Å². The van der Waals surface area contributed by atoms with Gasteiger partial charge in [-0.2, -0.15) is 0 Å². The lowest BCUT2D eigenvalue weighted by molar-refractivity contribution is -0.912. The van der Waals surface area contributed by atoms with Crippen LogP contribution in [-0.4, -0.2) is 56.2 Å². The van der Waals surface area contributed by atoms with Crippen LogP contribution in [0.5, 0.6) is 0 Å². The molecule has 0 N–H and O–H groups in total. The summed E-state index contributed by atoms with van der Waals surface area (Å²) < 4.78 is 1.00. The molecular formula is C14H27ClN2. The van der Waals surface area contributed by atoms with Gasteiger partial charge in [0.25, 0.3) is 0 Å². The highest BCUT2D eigenvalue weighted by atomic mass is 35.5. The lowest BCUT2D eigenvalue weighted by Gasteiger charge is -2.36. The Morgan fingerprint density at radius 3 is 1.65 bits per heavy atom. The molecular weight excluding hydrogens is 232 g/mol. The Hall–Kier alpha value is -0.570. The highest BCUT2D eigenvalue weighted by Crippen LogP contribution is 2.09. The highest BCUT2D eigenvalue weighted by Gasteiger charge is 2.22. The van der Waals surface area contributed by atoms with Crippen LogP contribution in [0.1, 0.15) is 6.42 Å². The second kappa shape index (κ2) is 10.6. The van der Waals surface area contributed by atoms with Crippen molar-refractivity contribution in [2.45, 2.75) is 6.42 Å². The van der Waals surface area contributed by atoms with Crippen molar-refractivity contribution in [3.8, 4) is 0 Å². The van der Waals surface area contributed by atoms with E-state index in [4.69, 9.17) is 0 Å². The average molecular weight is 259 g/mol. The van der Waals surface area contributed by atoms with Crippen molar-refractivity contribution in [2.75, 3.05) is 46.8 Å². The third-order valence-electron chi connectivity index (χ3n) is 2.79. The van der Waals surface area contributed by atoms with E-state index in [0.717, 1.165) is 37.2 Å². The molecule has 0 amide bonds. The molecule has 17 heavy (non-hydrogen) atoms. The molecule has 0 saturated heterocycles. The van der Waals surface area contributed by atoms with Crippen molar-refractivity contribution in [3.05, 3.63) is 38.0 Å². The van der Waals surface area contributed by atoms with Gasteiger partial charge >= 0.3 is 0 Å². The second-order valence-electron chi connectivity index (χ2n) is 4.64. The van der Waals surface area contributed by atoms with Crippen LogP contribution >= 0.6 is 0 Å². The molecule has 0 spiro atoms. The minimum absolute atomic E-state index is 0. The van der Waals surface area contributed by atoms with Crippen molar-refractivity contribution < 1.29 is 16.9 Å². The van der Waals surface area contributed by atoms with Gasteiger partial charge in [-0.15, -0.1) is 0 Å². The molecule has 0 unspecified atom stereocenters. The van der Waals surface area contributed by atoms with E-state index in [9.17, 15) is 0 Å². The molecule has 0 rings (SSSR count). The monoisotopic (exact) mass is 258 g/mol. The Balaban J connectivity index is 0. The summed E-state index contributed by atoms with van der Waals surface area (Å²) in [6.07, 6.45) is 7.20. The zero-order chi connectivity index (χ0) is 12.4. The molecule has 0 aliphatic heterocycles. The van der Waals surface area contributed by atoms with Gasteiger partial charge in [-0.3, -0.25) is 0 Å². The summed E-state index contributed by atoms with van der Waals surface area (Å²) in [4.78, 5) is 2.23. The molecule has 0 aromatic heterocycles. The molecule has 0 bridgehead atoms. The number of halogens is 1. The summed E-state index contributed by atoms with van der Waals surface area (Å²) in [6, 6.07) is 0. The summed E-state index contributed by atoms with van der Waals surface area (Å²) in [6.45, 7) is 16.8. The van der Waals surface area contributed by atoms with Gasteiger partial charge in [0.05, 0.1) is 26.2 Å². The standard InChI is InChI=1S/C14H27N2.ClH/c1-6-11-16(12-7-2,13-8-3)14-9-10-15(4)5;/h6-8H,1-3,9-14H2,4-5H3;1H/q+1;/p-1. The molecule has 100 valence electrons. The van der Waals surface area contributed by atoms with Crippen LogP contribution in [0.25, 0.3) is 0 Å². The maximum Gasteiger partial charge on any atom is 0.0975 e. The van der Waals surface area contributed by atoms with Crippen LogP contribution in [0.2, 0.25) is 0 Å². The van der Waals surface area contributed by atoms with E-state index in [1.54, 1.807) is 0 Å². The van der Waals surface area contributed by atoms with Crippen LogP contribution in [-0.2, 0) is 0 Å². The molecule has 0 aliphatic carbocycles. The molecule has 3 heteroatoms. The molecule has 0 aliphatic rings. The Labute approximate surface area is 113 Å². The van der Waals surface area contributed by atoms with Crippen LogP contribution in [0.3, 0.4) is 0 Å². The van der Waals surface area contributed by atoms with E-state index in [0.29, 0.717) is 0 Å². The van der Waals surface area contributed by atoms with Crippen LogP contribution in [0, 0.1) is 0 Å². The molecule has 0 aromatic carbocycles. The van der Waals surface area contributed by atoms with E-state index >= 15 is 0 Å². The Morgan fingerprint density at radius 1 is 0.941 bits per heavy atom. The first-order valence-corrected chi connectivity index (χ1v) is 5.93. The highest BCUT2D eigenvalue weighted by molar-refractivity contribution is 4.76. The first kappa shape index (κ1) is 18.8. The van der Waals surface area contributed by atoms with Crippen LogP contribution in [0.15, 0.2) is 38.0 Å². The fourth-order valence-electron chi connectivity index (χ4n) is 2.04. The van der Waals surface area contributed by atoms with E-state index < -0.39 is 0 Å². The third-order valence-corrected chi connectivity index (χ3v) is 2.79. The minimum Gasteiger partial charge on any atom is -1.00 e. The maximum absolute atomic E-state index is 3.86. The van der Waals surface area contributed by atoms with Crippen molar-refractivity contribution >= 4 is 0 Å². The Bertz CT molecular complexity index is 198. The van der Waals surface area contributed by atoms with Crippen LogP contribution in [0.4, 0.5) is 0 Å². The number of rotatable bonds is 10. The van der Waals surface area contributed by atoms with Gasteiger partial charge in [0.2, 0.25) is 0 Å². The molecule has 0 radical (unpaired) electrons. The summed E-state index contributed by atoms with van der Waals surface area (Å²) in [7, 11) is 4.23. The lowest BCUT2D eigenvalue weighted by atomic mass is 10.2. The first-order chi connectivity index (χ1) is 7.60. The summed E-state index contributed by atoms with van der Waals surface area (Å²) in [5.41, 5.74) is 0. The van der Waals surface area contributed by atoms with Gasteiger partial charge in [0.15, 0.2) is 0 Å². The first-order valence-electron chi connectivity index (χ1n) is 5.93. The van der Waals surface area contributed by atoms with Crippen molar-refractivity contribution in [1.29, 1.82) is 0 Å². The minimum atomic E-state index is 0. The molecule has 0 heterocycles. The van der Waals surface area contributed by atoms with Crippen molar-refractivity contribution in [3.63, 3.8) is 0 Å². The molecule has 2 nitrogen and oxygen atoms in total.